The van der Waals surface area contributed by atoms with Crippen molar-refractivity contribution in [1.82, 2.24) is 5.32 Å². The average molecular weight is 324 g/mol. The monoisotopic (exact) mass is 324 g/mol. The van der Waals surface area contributed by atoms with Crippen molar-refractivity contribution in [2.24, 2.45) is 5.92 Å². The summed E-state index contributed by atoms with van der Waals surface area (Å²) < 4.78 is 5.75. The van der Waals surface area contributed by atoms with Crippen LogP contribution in [-0.2, 0) is 16.2 Å². The number of amides is 2. The maximum Gasteiger partial charge on any atom is 0.227 e. The molecule has 1 heterocycles. The van der Waals surface area contributed by atoms with Crippen LogP contribution in [0.1, 0.15) is 12.0 Å². The Hall–Kier alpha value is -2.82. The van der Waals surface area contributed by atoms with Crippen molar-refractivity contribution in [3.8, 4) is 5.75 Å². The highest BCUT2D eigenvalue weighted by Crippen LogP contribution is 2.27. The Bertz CT molecular complexity index is 713. The zero-order valence-electron chi connectivity index (χ0n) is 13.6. The van der Waals surface area contributed by atoms with Gasteiger partial charge in [-0.1, -0.05) is 30.3 Å². The predicted molar refractivity (Wildman–Crippen MR) is 91.7 cm³/mol. The summed E-state index contributed by atoms with van der Waals surface area (Å²) in [6, 6.07) is 17.3. The van der Waals surface area contributed by atoms with Crippen LogP contribution in [0.5, 0.6) is 5.75 Å². The summed E-state index contributed by atoms with van der Waals surface area (Å²) >= 11 is 0. The zero-order chi connectivity index (χ0) is 16.9. The first kappa shape index (κ1) is 16.1. The third-order valence-electron chi connectivity index (χ3n) is 4.14. The Morgan fingerprint density at radius 3 is 2.54 bits per heavy atom. The minimum Gasteiger partial charge on any atom is -0.489 e. The smallest absolute Gasteiger partial charge is 0.227 e. The van der Waals surface area contributed by atoms with E-state index in [4.69, 9.17) is 4.74 Å². The van der Waals surface area contributed by atoms with E-state index in [-0.39, 0.29) is 24.2 Å². The van der Waals surface area contributed by atoms with Crippen LogP contribution in [0.15, 0.2) is 54.6 Å². The topological polar surface area (TPSA) is 58.6 Å². The fourth-order valence-corrected chi connectivity index (χ4v) is 2.80. The number of ether oxygens (including phenoxy) is 1. The second kappa shape index (κ2) is 7.17. The van der Waals surface area contributed by atoms with E-state index in [0.717, 1.165) is 17.0 Å². The lowest BCUT2D eigenvalue weighted by Crippen LogP contribution is -2.30. The van der Waals surface area contributed by atoms with Crippen molar-refractivity contribution >= 4 is 17.5 Å². The summed E-state index contributed by atoms with van der Waals surface area (Å²) in [6.45, 7) is 0.921. The molecule has 1 N–H and O–H groups in total. The Kier molecular flexibility index (Phi) is 4.79. The van der Waals surface area contributed by atoms with E-state index in [1.54, 1.807) is 11.9 Å². The summed E-state index contributed by atoms with van der Waals surface area (Å²) in [6.07, 6.45) is 0.256. The number of nitrogens with zero attached hydrogens (tertiary/aromatic N) is 1. The predicted octanol–water partition coefficient (Wildman–Crippen LogP) is 2.36. The number of carbonyl (C=O) groups excluding carboxylic acids is 2. The molecular weight excluding hydrogens is 304 g/mol. The van der Waals surface area contributed by atoms with Gasteiger partial charge in [-0.2, -0.15) is 0 Å². The van der Waals surface area contributed by atoms with Crippen molar-refractivity contribution in [2.75, 3.05) is 18.5 Å². The molecule has 24 heavy (non-hydrogen) atoms. The molecule has 0 aliphatic carbocycles. The molecule has 0 bridgehead atoms. The molecule has 0 spiro atoms. The number of benzene rings is 2. The fourth-order valence-electron chi connectivity index (χ4n) is 2.80. The Morgan fingerprint density at radius 1 is 1.17 bits per heavy atom. The lowest BCUT2D eigenvalue weighted by atomic mass is 10.1. The molecule has 2 amide bonds. The van der Waals surface area contributed by atoms with Crippen LogP contribution in [0.3, 0.4) is 0 Å². The molecule has 124 valence electrons. The highest BCUT2D eigenvalue weighted by atomic mass is 16.5. The van der Waals surface area contributed by atoms with Crippen molar-refractivity contribution in [3.63, 3.8) is 0 Å². The summed E-state index contributed by atoms with van der Waals surface area (Å²) in [4.78, 5) is 25.5. The van der Waals surface area contributed by atoms with E-state index in [1.165, 1.54) is 0 Å². The lowest BCUT2D eigenvalue weighted by Gasteiger charge is -2.17. The van der Waals surface area contributed by atoms with E-state index in [9.17, 15) is 9.59 Å². The Labute approximate surface area is 141 Å². The molecule has 0 unspecified atom stereocenters. The molecule has 1 fully saturated rings. The molecule has 5 heteroatoms. The quantitative estimate of drug-likeness (QED) is 0.918. The van der Waals surface area contributed by atoms with Crippen LogP contribution in [0.25, 0.3) is 0 Å². The van der Waals surface area contributed by atoms with Gasteiger partial charge in [0.1, 0.15) is 12.4 Å². The van der Waals surface area contributed by atoms with Gasteiger partial charge in [0.25, 0.3) is 0 Å². The normalized spacial score (nSPS) is 17.0. The standard InChI is InChI=1S/C19H20N2O3/c1-20-19(23)15-11-18(22)21(12-15)16-7-9-17(10-8-16)24-13-14-5-3-2-4-6-14/h2-10,15H,11-13H2,1H3,(H,20,23)/t15-/m0/s1. The maximum absolute atomic E-state index is 12.1. The molecule has 1 atom stereocenters. The minimum absolute atomic E-state index is 0.0263. The second-order valence-electron chi connectivity index (χ2n) is 5.79. The number of carbonyl (C=O) groups is 2. The first-order chi connectivity index (χ1) is 11.7. The third-order valence-corrected chi connectivity index (χ3v) is 4.14. The van der Waals surface area contributed by atoms with E-state index >= 15 is 0 Å². The van der Waals surface area contributed by atoms with Crippen molar-refractivity contribution in [2.45, 2.75) is 13.0 Å². The van der Waals surface area contributed by atoms with E-state index in [0.29, 0.717) is 13.2 Å². The van der Waals surface area contributed by atoms with Crippen LogP contribution < -0.4 is 15.0 Å². The Balaban J connectivity index is 1.62. The number of rotatable bonds is 5. The van der Waals surface area contributed by atoms with Gasteiger partial charge >= 0.3 is 0 Å². The molecule has 0 radical (unpaired) electrons. The van der Waals surface area contributed by atoms with Crippen molar-refractivity contribution in [1.29, 1.82) is 0 Å². The van der Waals surface area contributed by atoms with Gasteiger partial charge in [0.2, 0.25) is 11.8 Å². The molecule has 1 aliphatic rings. The number of hydrogen-bond acceptors (Lipinski definition) is 3. The molecule has 5 nitrogen and oxygen atoms in total. The second-order valence-corrected chi connectivity index (χ2v) is 5.79. The first-order valence-electron chi connectivity index (χ1n) is 7.96. The number of anilines is 1. The average Bonchev–Trinajstić information content (AvgIpc) is 3.02. The molecule has 2 aromatic carbocycles. The van der Waals surface area contributed by atoms with Crippen LogP contribution in [0, 0.1) is 5.92 Å². The molecule has 3 rings (SSSR count). The van der Waals surface area contributed by atoms with Gasteiger partial charge in [0.05, 0.1) is 5.92 Å². The van der Waals surface area contributed by atoms with Gasteiger partial charge in [0, 0.05) is 25.7 Å². The summed E-state index contributed by atoms with van der Waals surface area (Å²) in [7, 11) is 1.59. The third kappa shape index (κ3) is 3.56. The van der Waals surface area contributed by atoms with Crippen molar-refractivity contribution in [3.05, 3.63) is 60.2 Å². The minimum atomic E-state index is -0.281. The number of nitrogens with one attached hydrogen (secondary N) is 1. The largest absolute Gasteiger partial charge is 0.489 e. The molecule has 2 aromatic rings. The SMILES string of the molecule is CNC(=O)[C@H]1CC(=O)N(c2ccc(OCc3ccccc3)cc2)C1. The van der Waals surface area contributed by atoms with Crippen LogP contribution in [-0.4, -0.2) is 25.4 Å². The van der Waals surface area contributed by atoms with Gasteiger partial charge in [-0.3, -0.25) is 9.59 Å². The summed E-state index contributed by atoms with van der Waals surface area (Å²) in [5, 5.41) is 2.60. The van der Waals surface area contributed by atoms with E-state index < -0.39 is 0 Å². The van der Waals surface area contributed by atoms with E-state index in [1.807, 2.05) is 54.6 Å². The van der Waals surface area contributed by atoms with Crippen LogP contribution >= 0.6 is 0 Å². The van der Waals surface area contributed by atoms with Gasteiger partial charge in [-0.25, -0.2) is 0 Å². The fraction of sp³-hybridized carbons (Fsp3) is 0.263. The summed E-state index contributed by atoms with van der Waals surface area (Å²) in [5.41, 5.74) is 1.89. The van der Waals surface area contributed by atoms with Crippen LogP contribution in [0.2, 0.25) is 0 Å². The van der Waals surface area contributed by atoms with E-state index in [2.05, 4.69) is 5.32 Å². The molecule has 1 aliphatic heterocycles. The Morgan fingerprint density at radius 2 is 1.88 bits per heavy atom. The molecule has 1 saturated heterocycles. The molecular formula is C19H20N2O3. The lowest BCUT2D eigenvalue weighted by molar-refractivity contribution is -0.125. The van der Waals surface area contributed by atoms with Gasteiger partial charge < -0.3 is 15.0 Å². The zero-order valence-corrected chi connectivity index (χ0v) is 13.6. The summed E-state index contributed by atoms with van der Waals surface area (Å²) in [5.74, 6) is 0.351. The molecule has 0 aromatic heterocycles. The number of hydrogen-bond donors (Lipinski definition) is 1. The first-order valence-corrected chi connectivity index (χ1v) is 7.96. The molecule has 0 saturated carbocycles. The van der Waals surface area contributed by atoms with Crippen molar-refractivity contribution < 1.29 is 14.3 Å². The van der Waals surface area contributed by atoms with Gasteiger partial charge in [-0.05, 0) is 29.8 Å². The van der Waals surface area contributed by atoms with Gasteiger partial charge in [0.15, 0.2) is 0 Å². The van der Waals surface area contributed by atoms with Gasteiger partial charge in [-0.15, -0.1) is 0 Å². The van der Waals surface area contributed by atoms with Crippen LogP contribution in [0.4, 0.5) is 5.69 Å². The highest BCUT2D eigenvalue weighted by Gasteiger charge is 2.34. The highest BCUT2D eigenvalue weighted by molar-refractivity contribution is 6.00. The maximum atomic E-state index is 12.1.